The average molecular weight is 256 g/mol. The molecule has 0 N–H and O–H groups in total. The van der Waals surface area contributed by atoms with Crippen molar-refractivity contribution in [2.45, 2.75) is 45.1 Å². The van der Waals surface area contributed by atoms with Crippen LogP contribution in [-0.4, -0.2) is 36.0 Å². The van der Waals surface area contributed by atoms with Crippen molar-refractivity contribution in [3.8, 4) is 0 Å². The maximum atomic E-state index is 5.99. The van der Waals surface area contributed by atoms with Gasteiger partial charge in [0.05, 0.1) is 6.10 Å². The van der Waals surface area contributed by atoms with Crippen LogP contribution in [-0.2, 0) is 13.9 Å². The fourth-order valence-corrected chi connectivity index (χ4v) is 3.10. The summed E-state index contributed by atoms with van der Waals surface area (Å²) >= 11 is 0. The van der Waals surface area contributed by atoms with Crippen LogP contribution in [0.25, 0.3) is 0 Å². The Kier molecular flexibility index (Phi) is 6.41. The summed E-state index contributed by atoms with van der Waals surface area (Å²) in [7, 11) is 3.52. The monoisotopic (exact) mass is 256 g/mol. The first-order valence-electron chi connectivity index (χ1n) is 6.20. The van der Waals surface area contributed by atoms with Crippen LogP contribution in [0.5, 0.6) is 0 Å². The van der Waals surface area contributed by atoms with Crippen LogP contribution in [0.3, 0.4) is 0 Å². The summed E-state index contributed by atoms with van der Waals surface area (Å²) in [5.74, 6) is 0.995. The van der Waals surface area contributed by atoms with Gasteiger partial charge in [-0.15, -0.1) is 0 Å². The van der Waals surface area contributed by atoms with Crippen molar-refractivity contribution in [3.05, 3.63) is 12.2 Å². The van der Waals surface area contributed by atoms with Gasteiger partial charge >= 0.3 is 0 Å². The van der Waals surface area contributed by atoms with Gasteiger partial charge < -0.3 is 13.9 Å². The molecule has 1 rings (SSSR count). The van der Waals surface area contributed by atoms with Crippen LogP contribution in [0.1, 0.15) is 33.1 Å². The normalized spacial score (nSPS) is 29.6. The molecule has 1 aliphatic carbocycles. The lowest BCUT2D eigenvalue weighted by atomic mass is 9.78. The minimum absolute atomic E-state index is 0.237. The highest BCUT2D eigenvalue weighted by Gasteiger charge is 2.30. The molecule has 0 amide bonds. The minimum Gasteiger partial charge on any atom is -0.409 e. The Morgan fingerprint density at radius 1 is 1.29 bits per heavy atom. The minimum atomic E-state index is -0.238. The van der Waals surface area contributed by atoms with Gasteiger partial charge in [-0.1, -0.05) is 19.1 Å². The standard InChI is InChI=1S/C13H24O3Si/c1-9(2)11-7-6-10(3)8-12(11)16-17-13(14-4)15-5/h10-13H,1,6-8H2,2-5H3/t10-,11+,12+/m0/s1. The first kappa shape index (κ1) is 14.9. The molecule has 0 bridgehead atoms. The van der Waals surface area contributed by atoms with Crippen LogP contribution >= 0.6 is 0 Å². The van der Waals surface area contributed by atoms with E-state index in [4.69, 9.17) is 13.9 Å². The van der Waals surface area contributed by atoms with E-state index in [2.05, 4.69) is 20.4 Å². The number of hydrogen-bond donors (Lipinski definition) is 0. The summed E-state index contributed by atoms with van der Waals surface area (Å²) in [5, 5.41) is 0. The smallest absolute Gasteiger partial charge is 0.299 e. The van der Waals surface area contributed by atoms with Crippen LogP contribution < -0.4 is 0 Å². The summed E-state index contributed by atoms with van der Waals surface area (Å²) in [5.41, 5.74) is 1.23. The molecule has 1 aliphatic rings. The van der Waals surface area contributed by atoms with Crippen LogP contribution in [0.15, 0.2) is 12.2 Å². The molecule has 1 saturated carbocycles. The summed E-state index contributed by atoms with van der Waals surface area (Å²) in [6.45, 7) is 8.47. The van der Waals surface area contributed by atoms with E-state index in [1.807, 2.05) is 0 Å². The molecule has 0 unspecified atom stereocenters. The SMILES string of the molecule is C=C(C)[C@H]1CC[C@H](C)C[C@H]1O[Si]C(OC)OC. The van der Waals surface area contributed by atoms with Gasteiger partial charge in [-0.2, -0.15) is 0 Å². The lowest BCUT2D eigenvalue weighted by molar-refractivity contribution is -0.0588. The van der Waals surface area contributed by atoms with Gasteiger partial charge in [0.25, 0.3) is 9.76 Å². The second-order valence-corrected chi connectivity index (χ2v) is 5.89. The van der Waals surface area contributed by atoms with Gasteiger partial charge in [0.15, 0.2) is 5.91 Å². The largest absolute Gasteiger partial charge is 0.409 e. The van der Waals surface area contributed by atoms with Crippen LogP contribution in [0.4, 0.5) is 0 Å². The summed E-state index contributed by atoms with van der Waals surface area (Å²) in [6, 6.07) is 0. The highest BCUT2D eigenvalue weighted by molar-refractivity contribution is 6.28. The third-order valence-electron chi connectivity index (χ3n) is 3.43. The first-order valence-corrected chi connectivity index (χ1v) is 7.19. The summed E-state index contributed by atoms with van der Waals surface area (Å²) in [6.07, 6.45) is 3.86. The second-order valence-electron chi connectivity index (χ2n) is 4.95. The van der Waals surface area contributed by atoms with Crippen molar-refractivity contribution < 1.29 is 13.9 Å². The highest BCUT2D eigenvalue weighted by atomic mass is 28.2. The molecule has 3 nitrogen and oxygen atoms in total. The van der Waals surface area contributed by atoms with E-state index in [0.29, 0.717) is 5.92 Å². The second kappa shape index (κ2) is 7.31. The van der Waals surface area contributed by atoms with Crippen molar-refractivity contribution in [2.24, 2.45) is 11.8 Å². The highest BCUT2D eigenvalue weighted by Crippen LogP contribution is 2.34. The third kappa shape index (κ3) is 4.54. The maximum absolute atomic E-state index is 5.99. The molecule has 0 aliphatic heterocycles. The topological polar surface area (TPSA) is 27.7 Å². The van der Waals surface area contributed by atoms with E-state index in [9.17, 15) is 0 Å². The van der Waals surface area contributed by atoms with Crippen molar-refractivity contribution in [3.63, 3.8) is 0 Å². The molecule has 0 aromatic heterocycles. The summed E-state index contributed by atoms with van der Waals surface area (Å²) in [4.78, 5) is 0. The zero-order valence-corrected chi connectivity index (χ0v) is 12.4. The van der Waals surface area contributed by atoms with Gasteiger partial charge in [0.2, 0.25) is 0 Å². The zero-order valence-electron chi connectivity index (χ0n) is 11.4. The Hall–Kier alpha value is -0.163. The van der Waals surface area contributed by atoms with E-state index in [1.54, 1.807) is 14.2 Å². The van der Waals surface area contributed by atoms with E-state index in [-0.39, 0.29) is 21.8 Å². The maximum Gasteiger partial charge on any atom is 0.299 e. The van der Waals surface area contributed by atoms with Gasteiger partial charge in [0, 0.05) is 20.1 Å². The lowest BCUT2D eigenvalue weighted by Crippen LogP contribution is -2.36. The zero-order chi connectivity index (χ0) is 12.8. The predicted molar refractivity (Wildman–Crippen MR) is 69.8 cm³/mol. The molecule has 17 heavy (non-hydrogen) atoms. The molecule has 98 valence electrons. The molecule has 0 spiro atoms. The van der Waals surface area contributed by atoms with Gasteiger partial charge in [0.1, 0.15) is 0 Å². The van der Waals surface area contributed by atoms with Crippen molar-refractivity contribution in [1.82, 2.24) is 0 Å². The Bertz CT molecular complexity index is 241. The predicted octanol–water partition coefficient (Wildman–Crippen LogP) is 2.58. The van der Waals surface area contributed by atoms with Gasteiger partial charge in [-0.05, 0) is 32.1 Å². The Balaban J connectivity index is 2.48. The van der Waals surface area contributed by atoms with E-state index >= 15 is 0 Å². The van der Waals surface area contributed by atoms with Crippen LogP contribution in [0.2, 0.25) is 0 Å². The first-order chi connectivity index (χ1) is 8.08. The van der Waals surface area contributed by atoms with E-state index < -0.39 is 0 Å². The number of rotatable bonds is 6. The molecule has 0 saturated heterocycles. The molecule has 4 heteroatoms. The van der Waals surface area contributed by atoms with Crippen molar-refractivity contribution >= 4 is 9.76 Å². The Labute approximate surface area is 107 Å². The van der Waals surface area contributed by atoms with Gasteiger partial charge in [-0.25, -0.2) is 0 Å². The molecule has 0 aromatic rings. The summed E-state index contributed by atoms with van der Waals surface area (Å²) < 4.78 is 16.3. The molecule has 2 radical (unpaired) electrons. The average Bonchev–Trinajstić information content (AvgIpc) is 2.30. The molecule has 1 fully saturated rings. The quantitative estimate of drug-likeness (QED) is 0.415. The number of ether oxygens (including phenoxy) is 2. The van der Waals surface area contributed by atoms with Crippen molar-refractivity contribution in [2.75, 3.05) is 14.2 Å². The van der Waals surface area contributed by atoms with Gasteiger partial charge in [-0.3, -0.25) is 0 Å². The third-order valence-corrected chi connectivity index (χ3v) is 4.53. The number of methoxy groups -OCH3 is 2. The Morgan fingerprint density at radius 2 is 1.94 bits per heavy atom. The number of hydrogen-bond acceptors (Lipinski definition) is 3. The van der Waals surface area contributed by atoms with E-state index in [0.717, 1.165) is 12.3 Å². The lowest BCUT2D eigenvalue weighted by Gasteiger charge is -2.35. The van der Waals surface area contributed by atoms with Crippen molar-refractivity contribution in [1.29, 1.82) is 0 Å². The molecular formula is C13H24O3Si. The molecular weight excluding hydrogens is 232 g/mol. The van der Waals surface area contributed by atoms with Crippen LogP contribution in [0, 0.1) is 11.8 Å². The fraction of sp³-hybridized carbons (Fsp3) is 0.846. The molecule has 0 heterocycles. The molecule has 0 aromatic carbocycles. The molecule has 3 atom stereocenters. The Morgan fingerprint density at radius 3 is 2.47 bits per heavy atom. The van der Waals surface area contributed by atoms with E-state index in [1.165, 1.54) is 18.4 Å². The fourth-order valence-electron chi connectivity index (χ4n) is 2.36.